The quantitative estimate of drug-likeness (QED) is 0.886. The molecular formula is C15H20N2S. The third kappa shape index (κ3) is 3.18. The first-order valence-corrected chi connectivity index (χ1v) is 7.26. The second-order valence-corrected chi connectivity index (χ2v) is 5.61. The number of nitrogens with one attached hydrogen (secondary N) is 1. The molecule has 0 bridgehead atoms. The van der Waals surface area contributed by atoms with E-state index in [0.717, 1.165) is 13.0 Å². The molecule has 0 fully saturated rings. The number of rotatable bonds is 5. The minimum atomic E-state index is 0.400. The molecule has 2 aromatic rings. The molecule has 1 N–H and O–H groups in total. The van der Waals surface area contributed by atoms with Crippen LogP contribution in [0.4, 0.5) is 0 Å². The summed E-state index contributed by atoms with van der Waals surface area (Å²) in [5.74, 6) is 0. The summed E-state index contributed by atoms with van der Waals surface area (Å²) in [5.41, 5.74) is 2.49. The van der Waals surface area contributed by atoms with Crippen molar-refractivity contribution >= 4 is 11.3 Å². The van der Waals surface area contributed by atoms with Crippen molar-refractivity contribution in [2.45, 2.75) is 33.2 Å². The van der Waals surface area contributed by atoms with Gasteiger partial charge in [0.15, 0.2) is 0 Å². The maximum absolute atomic E-state index is 4.69. The number of aromatic nitrogens is 1. The molecule has 1 heterocycles. The van der Waals surface area contributed by atoms with Gasteiger partial charge in [-0.2, -0.15) is 0 Å². The van der Waals surface area contributed by atoms with Crippen LogP contribution in [0.2, 0.25) is 0 Å². The van der Waals surface area contributed by atoms with E-state index in [1.54, 1.807) is 0 Å². The van der Waals surface area contributed by atoms with Gasteiger partial charge in [0.25, 0.3) is 0 Å². The summed E-state index contributed by atoms with van der Waals surface area (Å²) < 4.78 is 0. The van der Waals surface area contributed by atoms with Gasteiger partial charge in [-0.1, -0.05) is 37.3 Å². The van der Waals surface area contributed by atoms with Crippen LogP contribution in [-0.2, 0) is 6.42 Å². The van der Waals surface area contributed by atoms with Crippen LogP contribution in [0, 0.1) is 6.92 Å². The smallest absolute Gasteiger partial charge is 0.0975 e. The summed E-state index contributed by atoms with van der Waals surface area (Å²) in [6, 6.07) is 10.9. The van der Waals surface area contributed by atoms with E-state index in [4.69, 9.17) is 0 Å². The predicted octanol–water partition coefficient (Wildman–Crippen LogP) is 3.71. The zero-order chi connectivity index (χ0) is 13.0. The molecular weight excluding hydrogens is 240 g/mol. The third-order valence-corrected chi connectivity index (χ3v) is 4.32. The monoisotopic (exact) mass is 260 g/mol. The lowest BCUT2D eigenvalue weighted by Gasteiger charge is -2.09. The minimum absolute atomic E-state index is 0.400. The maximum Gasteiger partial charge on any atom is 0.0975 e. The van der Waals surface area contributed by atoms with Crippen molar-refractivity contribution in [3.05, 3.63) is 51.5 Å². The molecule has 2 rings (SSSR count). The fourth-order valence-electron chi connectivity index (χ4n) is 2.11. The number of benzene rings is 1. The molecule has 0 aliphatic carbocycles. The summed E-state index contributed by atoms with van der Waals surface area (Å²) in [4.78, 5) is 6.05. The highest BCUT2D eigenvalue weighted by molar-refractivity contribution is 7.11. The summed E-state index contributed by atoms with van der Waals surface area (Å²) in [6.45, 7) is 7.44. The fourth-order valence-corrected chi connectivity index (χ4v) is 3.24. The molecule has 0 radical (unpaired) electrons. The predicted molar refractivity (Wildman–Crippen MR) is 78.2 cm³/mol. The van der Waals surface area contributed by atoms with E-state index in [1.165, 1.54) is 21.1 Å². The molecule has 1 unspecified atom stereocenters. The van der Waals surface area contributed by atoms with Crippen LogP contribution in [0.3, 0.4) is 0 Å². The number of hydrogen-bond acceptors (Lipinski definition) is 3. The van der Waals surface area contributed by atoms with Gasteiger partial charge in [-0.25, -0.2) is 4.98 Å². The lowest BCUT2D eigenvalue weighted by Crippen LogP contribution is -2.17. The summed E-state index contributed by atoms with van der Waals surface area (Å²) >= 11 is 1.83. The molecule has 96 valence electrons. The van der Waals surface area contributed by atoms with Crippen molar-refractivity contribution in [3.8, 4) is 0 Å². The molecule has 18 heavy (non-hydrogen) atoms. The van der Waals surface area contributed by atoms with Crippen molar-refractivity contribution in [3.63, 3.8) is 0 Å². The molecule has 0 saturated heterocycles. The normalized spacial score (nSPS) is 12.6. The Morgan fingerprint density at radius 2 is 2.00 bits per heavy atom. The van der Waals surface area contributed by atoms with Crippen LogP contribution < -0.4 is 5.32 Å². The van der Waals surface area contributed by atoms with Crippen molar-refractivity contribution in [1.82, 2.24) is 10.3 Å². The van der Waals surface area contributed by atoms with Gasteiger partial charge in [-0.15, -0.1) is 11.3 Å². The molecule has 1 aromatic heterocycles. The SMILES string of the molecule is CCNC(C)c1sc(Cc2ccccc2)nc1C. The van der Waals surface area contributed by atoms with E-state index in [-0.39, 0.29) is 0 Å². The number of hydrogen-bond donors (Lipinski definition) is 1. The minimum Gasteiger partial charge on any atom is -0.310 e. The number of thiazole rings is 1. The van der Waals surface area contributed by atoms with Gasteiger partial charge >= 0.3 is 0 Å². The van der Waals surface area contributed by atoms with E-state index in [0.29, 0.717) is 6.04 Å². The molecule has 1 atom stereocenters. The highest BCUT2D eigenvalue weighted by Gasteiger charge is 2.13. The molecule has 1 aromatic carbocycles. The highest BCUT2D eigenvalue weighted by atomic mass is 32.1. The van der Waals surface area contributed by atoms with E-state index in [9.17, 15) is 0 Å². The molecule has 0 aliphatic heterocycles. The lowest BCUT2D eigenvalue weighted by atomic mass is 10.2. The number of nitrogens with zero attached hydrogens (tertiary/aromatic N) is 1. The van der Waals surface area contributed by atoms with Crippen molar-refractivity contribution in [2.75, 3.05) is 6.54 Å². The molecule has 2 nitrogen and oxygen atoms in total. The zero-order valence-corrected chi connectivity index (χ0v) is 12.1. The van der Waals surface area contributed by atoms with Gasteiger partial charge in [-0.3, -0.25) is 0 Å². The second kappa shape index (κ2) is 6.12. The average Bonchev–Trinajstić information content (AvgIpc) is 2.72. The third-order valence-electron chi connectivity index (χ3n) is 2.98. The van der Waals surface area contributed by atoms with Crippen molar-refractivity contribution in [2.24, 2.45) is 0 Å². The lowest BCUT2D eigenvalue weighted by molar-refractivity contribution is 0.603. The van der Waals surface area contributed by atoms with Gasteiger partial charge in [0, 0.05) is 17.3 Å². The second-order valence-electron chi connectivity index (χ2n) is 4.50. The van der Waals surface area contributed by atoms with Crippen LogP contribution >= 0.6 is 11.3 Å². The van der Waals surface area contributed by atoms with Gasteiger partial charge in [-0.05, 0) is 26.0 Å². The van der Waals surface area contributed by atoms with E-state index in [2.05, 4.69) is 61.4 Å². The molecule has 3 heteroatoms. The van der Waals surface area contributed by atoms with E-state index >= 15 is 0 Å². The van der Waals surface area contributed by atoms with Gasteiger partial charge in [0.1, 0.15) is 0 Å². The summed E-state index contributed by atoms with van der Waals surface area (Å²) in [5, 5.41) is 4.66. The van der Waals surface area contributed by atoms with E-state index < -0.39 is 0 Å². The Balaban J connectivity index is 2.14. The van der Waals surface area contributed by atoms with Crippen LogP contribution in [0.15, 0.2) is 30.3 Å². The highest BCUT2D eigenvalue weighted by Crippen LogP contribution is 2.26. The Bertz CT molecular complexity index is 490. The Hall–Kier alpha value is -1.19. The van der Waals surface area contributed by atoms with Crippen molar-refractivity contribution < 1.29 is 0 Å². The molecule has 0 aliphatic rings. The Morgan fingerprint density at radius 3 is 2.67 bits per heavy atom. The summed E-state index contributed by atoms with van der Waals surface area (Å²) in [7, 11) is 0. The largest absolute Gasteiger partial charge is 0.310 e. The molecule has 0 spiro atoms. The maximum atomic E-state index is 4.69. The van der Waals surface area contributed by atoms with Gasteiger partial charge < -0.3 is 5.32 Å². The van der Waals surface area contributed by atoms with Crippen molar-refractivity contribution in [1.29, 1.82) is 0 Å². The van der Waals surface area contributed by atoms with Crippen LogP contribution in [-0.4, -0.2) is 11.5 Å². The fraction of sp³-hybridized carbons (Fsp3) is 0.400. The first-order valence-electron chi connectivity index (χ1n) is 6.44. The van der Waals surface area contributed by atoms with Crippen LogP contribution in [0.25, 0.3) is 0 Å². The Morgan fingerprint density at radius 1 is 1.28 bits per heavy atom. The first-order chi connectivity index (χ1) is 8.70. The Kier molecular flexibility index (Phi) is 4.50. The standard InChI is InChI=1S/C15H20N2S/c1-4-16-11(2)15-12(3)17-14(18-15)10-13-8-6-5-7-9-13/h5-9,11,16H,4,10H2,1-3H3. The number of aryl methyl sites for hydroxylation is 1. The average molecular weight is 260 g/mol. The first kappa shape index (κ1) is 13.2. The van der Waals surface area contributed by atoms with Gasteiger partial charge in [0.05, 0.1) is 10.7 Å². The van der Waals surface area contributed by atoms with Crippen LogP contribution in [0.5, 0.6) is 0 Å². The van der Waals surface area contributed by atoms with E-state index in [1.807, 2.05) is 11.3 Å². The topological polar surface area (TPSA) is 24.9 Å². The van der Waals surface area contributed by atoms with Gasteiger partial charge in [0.2, 0.25) is 0 Å². The molecule has 0 saturated carbocycles. The summed E-state index contributed by atoms with van der Waals surface area (Å²) in [6.07, 6.45) is 0.936. The Labute approximate surface area is 113 Å². The van der Waals surface area contributed by atoms with Crippen LogP contribution in [0.1, 0.15) is 41.0 Å². The zero-order valence-electron chi connectivity index (χ0n) is 11.2. The molecule has 0 amide bonds.